The topological polar surface area (TPSA) is 52.5 Å². The Hall–Kier alpha value is -0.120. The van der Waals surface area contributed by atoms with Gasteiger partial charge in [0.25, 0.3) is 0 Å². The van der Waals surface area contributed by atoms with Crippen molar-refractivity contribution in [2.24, 2.45) is 5.92 Å². The smallest absolute Gasteiger partial charge is 0.0808 e. The maximum absolute atomic E-state index is 8.97. The largest absolute Gasteiger partial charge is 0.394 e. The molecule has 0 saturated carbocycles. The van der Waals surface area contributed by atoms with Crippen LogP contribution in [-0.2, 0) is 0 Å². The zero-order valence-electron chi connectivity index (χ0n) is 5.96. The third-order valence-corrected chi connectivity index (χ3v) is 1.37. The van der Waals surface area contributed by atoms with E-state index >= 15 is 0 Å². The summed E-state index contributed by atoms with van der Waals surface area (Å²) in [6.45, 7) is 2.47. The molecule has 2 atom stereocenters. The summed E-state index contributed by atoms with van der Waals surface area (Å²) in [6, 6.07) is 0. The fraction of sp³-hybridized carbons (Fsp3) is 1.00. The molecule has 0 rings (SSSR count). The van der Waals surface area contributed by atoms with Crippen molar-refractivity contribution < 1.29 is 10.2 Å². The minimum atomic E-state index is -0.586. The lowest BCUT2D eigenvalue weighted by Crippen LogP contribution is -2.29. The Balaban J connectivity index is 3.32. The Bertz CT molecular complexity index is 68.1. The Morgan fingerprint density at radius 1 is 1.56 bits per heavy atom. The molecule has 0 heterocycles. The molecule has 0 radical (unpaired) electrons. The second-order valence-corrected chi connectivity index (χ2v) is 2.28. The maximum Gasteiger partial charge on any atom is 0.0808 e. The molecular formula is C6H15NO2. The number of rotatable bonds is 4. The molecule has 3 heteroatoms. The van der Waals surface area contributed by atoms with Gasteiger partial charge in [0.15, 0.2) is 0 Å². The first-order valence-corrected chi connectivity index (χ1v) is 3.16. The number of hydrogen-bond donors (Lipinski definition) is 3. The zero-order chi connectivity index (χ0) is 7.28. The van der Waals surface area contributed by atoms with Gasteiger partial charge in [0.1, 0.15) is 0 Å². The van der Waals surface area contributed by atoms with Gasteiger partial charge in [0, 0.05) is 0 Å². The Labute approximate surface area is 55.7 Å². The van der Waals surface area contributed by atoms with E-state index in [1.165, 1.54) is 0 Å². The van der Waals surface area contributed by atoms with Crippen molar-refractivity contribution >= 4 is 0 Å². The van der Waals surface area contributed by atoms with Gasteiger partial charge in [-0.2, -0.15) is 0 Å². The number of nitrogens with one attached hydrogen (secondary N) is 1. The molecule has 0 aromatic rings. The summed E-state index contributed by atoms with van der Waals surface area (Å²) >= 11 is 0. The Morgan fingerprint density at radius 2 is 2.11 bits per heavy atom. The van der Waals surface area contributed by atoms with Crippen molar-refractivity contribution in [1.29, 1.82) is 0 Å². The third kappa shape index (κ3) is 3.46. The Kier molecular flexibility index (Phi) is 4.67. The minimum Gasteiger partial charge on any atom is -0.394 e. The molecule has 0 bridgehead atoms. The van der Waals surface area contributed by atoms with E-state index in [-0.39, 0.29) is 12.5 Å². The summed E-state index contributed by atoms with van der Waals surface area (Å²) in [6.07, 6.45) is -0.586. The van der Waals surface area contributed by atoms with Crippen molar-refractivity contribution in [2.45, 2.75) is 13.0 Å². The van der Waals surface area contributed by atoms with E-state index in [9.17, 15) is 0 Å². The van der Waals surface area contributed by atoms with Crippen LogP contribution < -0.4 is 5.32 Å². The minimum absolute atomic E-state index is 0.125. The van der Waals surface area contributed by atoms with Crippen LogP contribution in [0.5, 0.6) is 0 Å². The summed E-state index contributed by atoms with van der Waals surface area (Å²) in [4.78, 5) is 0. The highest BCUT2D eigenvalue weighted by Gasteiger charge is 2.10. The number of hydrogen-bond acceptors (Lipinski definition) is 3. The molecule has 0 aromatic heterocycles. The van der Waals surface area contributed by atoms with E-state index in [0.717, 1.165) is 6.54 Å². The van der Waals surface area contributed by atoms with Crippen LogP contribution in [-0.4, -0.2) is 36.5 Å². The molecule has 0 aliphatic rings. The first kappa shape index (κ1) is 8.88. The fourth-order valence-corrected chi connectivity index (χ4v) is 0.638. The van der Waals surface area contributed by atoms with Gasteiger partial charge in [-0.3, -0.25) is 0 Å². The van der Waals surface area contributed by atoms with Crippen molar-refractivity contribution in [3.05, 3.63) is 0 Å². The predicted octanol–water partition coefficient (Wildman–Crippen LogP) is -0.805. The van der Waals surface area contributed by atoms with Crippen molar-refractivity contribution in [3.63, 3.8) is 0 Å². The SMILES string of the molecule is CNC[C@H](C)[C@@H](O)CO. The van der Waals surface area contributed by atoms with Crippen molar-refractivity contribution in [3.8, 4) is 0 Å². The van der Waals surface area contributed by atoms with Crippen molar-refractivity contribution in [1.82, 2.24) is 5.32 Å². The van der Waals surface area contributed by atoms with E-state index in [1.807, 2.05) is 14.0 Å². The first-order chi connectivity index (χ1) is 4.22. The second kappa shape index (κ2) is 4.73. The van der Waals surface area contributed by atoms with Crippen molar-refractivity contribution in [2.75, 3.05) is 20.2 Å². The van der Waals surface area contributed by atoms with Gasteiger partial charge in [-0.1, -0.05) is 6.92 Å². The summed E-state index contributed by atoms with van der Waals surface area (Å²) in [5.74, 6) is 0.125. The molecule has 56 valence electrons. The molecule has 0 aromatic carbocycles. The average molecular weight is 133 g/mol. The summed E-state index contributed by atoms with van der Waals surface area (Å²) in [7, 11) is 1.82. The zero-order valence-corrected chi connectivity index (χ0v) is 5.96. The van der Waals surface area contributed by atoms with Gasteiger partial charge in [0.2, 0.25) is 0 Å². The standard InChI is InChI=1S/C6H15NO2/c1-5(3-7-2)6(9)4-8/h5-9H,3-4H2,1-2H3/t5-,6-/m0/s1. The first-order valence-electron chi connectivity index (χ1n) is 3.16. The lowest BCUT2D eigenvalue weighted by molar-refractivity contribution is 0.0540. The van der Waals surface area contributed by atoms with Gasteiger partial charge in [-0.25, -0.2) is 0 Å². The van der Waals surface area contributed by atoms with Gasteiger partial charge in [0.05, 0.1) is 12.7 Å². The lowest BCUT2D eigenvalue weighted by Gasteiger charge is -2.14. The molecule has 0 spiro atoms. The molecule has 0 aliphatic heterocycles. The predicted molar refractivity (Wildman–Crippen MR) is 36.2 cm³/mol. The van der Waals surface area contributed by atoms with E-state index in [4.69, 9.17) is 10.2 Å². The van der Waals surface area contributed by atoms with Gasteiger partial charge < -0.3 is 15.5 Å². The molecule has 3 nitrogen and oxygen atoms in total. The van der Waals surface area contributed by atoms with Crippen LogP contribution in [0, 0.1) is 5.92 Å². The summed E-state index contributed by atoms with van der Waals surface area (Å²) in [5.41, 5.74) is 0. The van der Waals surface area contributed by atoms with E-state index in [1.54, 1.807) is 0 Å². The highest BCUT2D eigenvalue weighted by molar-refractivity contribution is 4.63. The molecule has 3 N–H and O–H groups in total. The second-order valence-electron chi connectivity index (χ2n) is 2.28. The monoisotopic (exact) mass is 133 g/mol. The van der Waals surface area contributed by atoms with E-state index in [2.05, 4.69) is 5.32 Å². The van der Waals surface area contributed by atoms with Crippen LogP contribution in [0.3, 0.4) is 0 Å². The molecule has 0 fully saturated rings. The van der Waals surface area contributed by atoms with Crippen LogP contribution in [0.25, 0.3) is 0 Å². The Morgan fingerprint density at radius 3 is 2.44 bits per heavy atom. The van der Waals surface area contributed by atoms with Gasteiger partial charge in [-0.15, -0.1) is 0 Å². The number of aliphatic hydroxyl groups excluding tert-OH is 2. The van der Waals surface area contributed by atoms with Crippen LogP contribution >= 0.6 is 0 Å². The highest BCUT2D eigenvalue weighted by Crippen LogP contribution is 1.98. The average Bonchev–Trinajstić information content (AvgIpc) is 1.87. The maximum atomic E-state index is 8.97. The number of aliphatic hydroxyl groups is 2. The van der Waals surface area contributed by atoms with Crippen LogP contribution in [0.2, 0.25) is 0 Å². The van der Waals surface area contributed by atoms with Crippen LogP contribution in [0.1, 0.15) is 6.92 Å². The highest BCUT2D eigenvalue weighted by atomic mass is 16.3. The fourth-order valence-electron chi connectivity index (χ4n) is 0.638. The van der Waals surface area contributed by atoms with Gasteiger partial charge in [-0.05, 0) is 19.5 Å². The van der Waals surface area contributed by atoms with E-state index < -0.39 is 6.10 Å². The summed E-state index contributed by atoms with van der Waals surface area (Å²) in [5, 5.41) is 20.3. The lowest BCUT2D eigenvalue weighted by atomic mass is 10.1. The van der Waals surface area contributed by atoms with E-state index in [0.29, 0.717) is 0 Å². The van der Waals surface area contributed by atoms with Gasteiger partial charge >= 0.3 is 0 Å². The quantitative estimate of drug-likeness (QED) is 0.470. The van der Waals surface area contributed by atoms with Crippen LogP contribution in [0.4, 0.5) is 0 Å². The molecular weight excluding hydrogens is 118 g/mol. The summed E-state index contributed by atoms with van der Waals surface area (Å²) < 4.78 is 0. The normalized spacial score (nSPS) is 17.3. The molecule has 0 amide bonds. The molecule has 0 saturated heterocycles. The third-order valence-electron chi connectivity index (χ3n) is 1.37. The van der Waals surface area contributed by atoms with Crippen LogP contribution in [0.15, 0.2) is 0 Å². The molecule has 0 unspecified atom stereocenters. The molecule has 0 aliphatic carbocycles. The molecule has 9 heavy (non-hydrogen) atoms.